The van der Waals surface area contributed by atoms with Crippen molar-refractivity contribution in [2.75, 3.05) is 0 Å². The highest BCUT2D eigenvalue weighted by atomic mass is 16.6. The molecule has 0 aliphatic heterocycles. The van der Waals surface area contributed by atoms with E-state index in [0.717, 1.165) is 25.7 Å². The number of hydrogen-bond acceptors (Lipinski definition) is 4. The van der Waals surface area contributed by atoms with Gasteiger partial charge in [-0.25, -0.2) is 9.59 Å². The summed E-state index contributed by atoms with van der Waals surface area (Å²) in [5.41, 5.74) is 3.19. The van der Waals surface area contributed by atoms with Crippen molar-refractivity contribution in [3.63, 3.8) is 0 Å². The van der Waals surface area contributed by atoms with E-state index in [4.69, 9.17) is 10.5 Å². The van der Waals surface area contributed by atoms with E-state index in [1.54, 1.807) is 20.8 Å². The van der Waals surface area contributed by atoms with Crippen LogP contribution in [-0.4, -0.2) is 28.2 Å². The molecule has 3 N–H and O–H groups in total. The molecule has 5 nitrogen and oxygen atoms in total. The fourth-order valence-corrected chi connectivity index (χ4v) is 2.47. The lowest BCUT2D eigenvalue weighted by atomic mass is 9.79. The molecule has 0 bridgehead atoms. The van der Waals surface area contributed by atoms with Gasteiger partial charge in [-0.1, -0.05) is 32.1 Å². The van der Waals surface area contributed by atoms with E-state index in [1.165, 1.54) is 6.42 Å². The molecule has 1 rings (SSSR count). The quantitative estimate of drug-likeness (QED) is 0.603. The molecule has 0 saturated heterocycles. The number of rotatable bonds is 4. The Labute approximate surface area is 114 Å². The Bertz CT molecular complexity index is 342. The van der Waals surface area contributed by atoms with E-state index in [9.17, 15) is 14.7 Å². The first kappa shape index (κ1) is 16.0. The Morgan fingerprint density at radius 1 is 1.21 bits per heavy atom. The number of ether oxygens (including phenoxy) is 1. The molecule has 0 aromatic rings. The lowest BCUT2D eigenvalue weighted by Crippen LogP contribution is -2.58. The van der Waals surface area contributed by atoms with Crippen molar-refractivity contribution in [3.8, 4) is 0 Å². The van der Waals surface area contributed by atoms with E-state index in [2.05, 4.69) is 0 Å². The standard InChI is InChI=1S/C14H25NO4/c1-13(2,3)19-12(18)14(15,11(16)17)9-10-7-5-4-6-8-10/h10H,4-9,15H2,1-3H3,(H,16,17)/t14-/m0/s1. The largest absolute Gasteiger partial charge is 0.479 e. The molecule has 0 heterocycles. The predicted molar refractivity (Wildman–Crippen MR) is 71.6 cm³/mol. The van der Waals surface area contributed by atoms with Gasteiger partial charge in [0.15, 0.2) is 0 Å². The summed E-state index contributed by atoms with van der Waals surface area (Å²) in [7, 11) is 0. The van der Waals surface area contributed by atoms with Gasteiger partial charge in [-0.15, -0.1) is 0 Å². The summed E-state index contributed by atoms with van der Waals surface area (Å²) in [6.07, 6.45) is 5.37. The molecule has 0 unspecified atom stereocenters. The molecule has 0 spiro atoms. The van der Waals surface area contributed by atoms with Crippen molar-refractivity contribution in [3.05, 3.63) is 0 Å². The lowest BCUT2D eigenvalue weighted by Gasteiger charge is -2.32. The zero-order chi connectivity index (χ0) is 14.7. The Hall–Kier alpha value is -1.10. The lowest BCUT2D eigenvalue weighted by molar-refractivity contribution is -0.170. The van der Waals surface area contributed by atoms with Gasteiger partial charge in [0.05, 0.1) is 0 Å². The molecule has 1 saturated carbocycles. The van der Waals surface area contributed by atoms with Crippen LogP contribution in [0.5, 0.6) is 0 Å². The maximum atomic E-state index is 12.1. The van der Waals surface area contributed by atoms with Crippen LogP contribution in [0.2, 0.25) is 0 Å². The number of carboxylic acids is 1. The number of carboxylic acid groups (broad SMARTS) is 1. The van der Waals surface area contributed by atoms with Gasteiger partial charge >= 0.3 is 11.9 Å². The van der Waals surface area contributed by atoms with E-state index in [1.807, 2.05) is 0 Å². The number of esters is 1. The zero-order valence-electron chi connectivity index (χ0n) is 12.1. The van der Waals surface area contributed by atoms with Crippen molar-refractivity contribution >= 4 is 11.9 Å². The van der Waals surface area contributed by atoms with Gasteiger partial charge in [0.1, 0.15) is 5.60 Å². The van der Waals surface area contributed by atoms with Gasteiger partial charge in [0, 0.05) is 0 Å². The van der Waals surface area contributed by atoms with E-state index in [0.29, 0.717) is 0 Å². The minimum atomic E-state index is -1.92. The summed E-state index contributed by atoms with van der Waals surface area (Å²) in [5, 5.41) is 9.30. The van der Waals surface area contributed by atoms with Gasteiger partial charge in [-0.2, -0.15) is 0 Å². The van der Waals surface area contributed by atoms with Gasteiger partial charge in [-0.3, -0.25) is 0 Å². The van der Waals surface area contributed by atoms with Crippen LogP contribution in [0.4, 0.5) is 0 Å². The minimum Gasteiger partial charge on any atom is -0.479 e. The third kappa shape index (κ3) is 4.49. The van der Waals surface area contributed by atoms with Crippen molar-refractivity contribution in [1.82, 2.24) is 0 Å². The molecule has 0 radical (unpaired) electrons. The van der Waals surface area contributed by atoms with Gasteiger partial charge in [-0.05, 0) is 33.1 Å². The van der Waals surface area contributed by atoms with Crippen molar-refractivity contribution in [1.29, 1.82) is 0 Å². The first-order valence-electron chi connectivity index (χ1n) is 6.91. The summed E-state index contributed by atoms with van der Waals surface area (Å²) in [6, 6.07) is 0. The Kier molecular flexibility index (Phi) is 4.96. The summed E-state index contributed by atoms with van der Waals surface area (Å²) < 4.78 is 5.16. The van der Waals surface area contributed by atoms with Gasteiger partial charge in [0.25, 0.3) is 0 Å². The molecule has 5 heteroatoms. The molecular formula is C14H25NO4. The molecule has 19 heavy (non-hydrogen) atoms. The van der Waals surface area contributed by atoms with Crippen LogP contribution in [-0.2, 0) is 14.3 Å². The summed E-state index contributed by atoms with van der Waals surface area (Å²) in [4.78, 5) is 23.5. The van der Waals surface area contributed by atoms with Gasteiger partial charge < -0.3 is 15.6 Å². The van der Waals surface area contributed by atoms with Gasteiger partial charge in [0.2, 0.25) is 5.54 Å². The SMILES string of the molecule is CC(C)(C)OC(=O)[C@](N)(CC1CCCCC1)C(=O)O. The topological polar surface area (TPSA) is 89.6 Å². The second-order valence-electron chi connectivity index (χ2n) is 6.49. The Morgan fingerprint density at radius 3 is 2.16 bits per heavy atom. The summed E-state index contributed by atoms with van der Waals surface area (Å²) in [6.45, 7) is 5.11. The highest BCUT2D eigenvalue weighted by Crippen LogP contribution is 2.31. The Balaban J connectivity index is 2.78. The molecule has 0 aromatic heterocycles. The first-order chi connectivity index (χ1) is 8.65. The molecule has 0 aromatic carbocycles. The highest BCUT2D eigenvalue weighted by Gasteiger charge is 2.46. The highest BCUT2D eigenvalue weighted by molar-refractivity contribution is 6.03. The summed E-state index contributed by atoms with van der Waals surface area (Å²) >= 11 is 0. The molecule has 0 amide bonds. The van der Waals surface area contributed by atoms with E-state index >= 15 is 0 Å². The van der Waals surface area contributed by atoms with Crippen molar-refractivity contribution in [2.24, 2.45) is 11.7 Å². The van der Waals surface area contributed by atoms with Crippen LogP contribution in [0.25, 0.3) is 0 Å². The Morgan fingerprint density at radius 2 is 1.74 bits per heavy atom. The maximum Gasteiger partial charge on any atom is 0.338 e. The van der Waals surface area contributed by atoms with Crippen molar-refractivity contribution in [2.45, 2.75) is 70.4 Å². The zero-order valence-corrected chi connectivity index (χ0v) is 12.1. The molecular weight excluding hydrogens is 246 g/mol. The van der Waals surface area contributed by atoms with Crippen LogP contribution in [0.15, 0.2) is 0 Å². The fraction of sp³-hybridized carbons (Fsp3) is 0.857. The second-order valence-corrected chi connectivity index (χ2v) is 6.49. The monoisotopic (exact) mass is 271 g/mol. The average Bonchev–Trinajstić information content (AvgIpc) is 2.27. The number of aliphatic carboxylic acids is 1. The normalized spacial score (nSPS) is 20.6. The van der Waals surface area contributed by atoms with E-state index in [-0.39, 0.29) is 12.3 Å². The fourth-order valence-electron chi connectivity index (χ4n) is 2.47. The number of carbonyl (C=O) groups excluding carboxylic acids is 1. The first-order valence-corrected chi connectivity index (χ1v) is 6.91. The smallest absolute Gasteiger partial charge is 0.338 e. The van der Waals surface area contributed by atoms with Crippen LogP contribution in [0.3, 0.4) is 0 Å². The molecule has 1 atom stereocenters. The number of carbonyl (C=O) groups is 2. The number of hydrogen-bond donors (Lipinski definition) is 2. The maximum absolute atomic E-state index is 12.1. The second kappa shape index (κ2) is 5.90. The molecule has 110 valence electrons. The number of nitrogens with two attached hydrogens (primary N) is 1. The minimum absolute atomic E-state index is 0.164. The summed E-state index contributed by atoms with van der Waals surface area (Å²) in [5.74, 6) is -1.94. The van der Waals surface area contributed by atoms with Crippen LogP contribution < -0.4 is 5.73 Å². The molecule has 1 aliphatic rings. The van der Waals surface area contributed by atoms with Crippen LogP contribution in [0, 0.1) is 5.92 Å². The third-order valence-corrected chi connectivity index (χ3v) is 3.48. The predicted octanol–water partition coefficient (Wildman–Crippen LogP) is 2.08. The van der Waals surface area contributed by atoms with Crippen LogP contribution in [0.1, 0.15) is 59.3 Å². The van der Waals surface area contributed by atoms with E-state index < -0.39 is 23.1 Å². The third-order valence-electron chi connectivity index (χ3n) is 3.48. The molecule has 1 aliphatic carbocycles. The molecule has 1 fully saturated rings. The van der Waals surface area contributed by atoms with Crippen molar-refractivity contribution < 1.29 is 19.4 Å². The van der Waals surface area contributed by atoms with Crippen LogP contribution >= 0.6 is 0 Å². The average molecular weight is 271 g/mol.